The van der Waals surface area contributed by atoms with Gasteiger partial charge in [-0.1, -0.05) is 53.0 Å². The summed E-state index contributed by atoms with van der Waals surface area (Å²) in [6.07, 6.45) is 2.28. The molecule has 1 heterocycles. The zero-order chi connectivity index (χ0) is 17.8. The van der Waals surface area contributed by atoms with E-state index in [0.29, 0.717) is 5.02 Å². The molecule has 3 aromatic carbocycles. The third kappa shape index (κ3) is 2.76. The first-order chi connectivity index (χ1) is 12.6. The summed E-state index contributed by atoms with van der Waals surface area (Å²) in [5.41, 5.74) is 7.95. The second kappa shape index (κ2) is 6.14. The number of rotatable bonds is 2. The average Bonchev–Trinajstić information content (AvgIpc) is 3.42. The van der Waals surface area contributed by atoms with Crippen molar-refractivity contribution in [3.63, 3.8) is 0 Å². The quantitative estimate of drug-likeness (QED) is 0.322. The lowest BCUT2D eigenvalue weighted by Crippen LogP contribution is -1.89. The van der Waals surface area contributed by atoms with Gasteiger partial charge in [0.1, 0.15) is 6.10 Å². The molecule has 3 aromatic rings. The predicted molar refractivity (Wildman–Crippen MR) is 109 cm³/mol. The van der Waals surface area contributed by atoms with Crippen molar-refractivity contribution < 1.29 is 4.74 Å². The molecule has 1 fully saturated rings. The maximum absolute atomic E-state index is 6.44. The van der Waals surface area contributed by atoms with Gasteiger partial charge in [-0.25, -0.2) is 0 Å². The van der Waals surface area contributed by atoms with E-state index < -0.39 is 0 Å². The van der Waals surface area contributed by atoms with Crippen LogP contribution in [-0.2, 0) is 4.74 Å². The minimum absolute atomic E-state index is 0.126. The molecule has 0 radical (unpaired) electrons. The van der Waals surface area contributed by atoms with Crippen LogP contribution in [0.5, 0.6) is 0 Å². The Morgan fingerprint density at radius 3 is 2.19 bits per heavy atom. The van der Waals surface area contributed by atoms with Gasteiger partial charge < -0.3 is 4.74 Å². The molecule has 4 heteroatoms. The first-order valence-corrected chi connectivity index (χ1v) is 9.46. The summed E-state index contributed by atoms with van der Waals surface area (Å²) in [5.74, 6) is 0. The van der Waals surface area contributed by atoms with Crippen molar-refractivity contribution in [2.45, 2.75) is 6.10 Å². The lowest BCUT2D eigenvalue weighted by atomic mass is 9.97. The van der Waals surface area contributed by atoms with E-state index in [1.165, 1.54) is 11.1 Å². The highest BCUT2D eigenvalue weighted by Crippen LogP contribution is 2.51. The largest absolute Gasteiger partial charge is 0.368 e. The summed E-state index contributed by atoms with van der Waals surface area (Å²) in [4.78, 5) is 0. The Bertz CT molecular complexity index is 1060. The van der Waals surface area contributed by atoms with Crippen LogP contribution < -0.4 is 0 Å². The molecule has 1 aliphatic heterocycles. The number of halogens is 3. The van der Waals surface area contributed by atoms with Gasteiger partial charge in [-0.15, -0.1) is 0 Å². The summed E-state index contributed by atoms with van der Waals surface area (Å²) < 4.78 is 5.56. The van der Waals surface area contributed by atoms with Gasteiger partial charge >= 0.3 is 0 Å². The molecule has 1 nitrogen and oxygen atoms in total. The van der Waals surface area contributed by atoms with Crippen LogP contribution >= 0.6 is 34.8 Å². The first kappa shape index (κ1) is 16.4. The normalized spacial score (nSPS) is 18.7. The number of ether oxygens (including phenoxy) is 1. The van der Waals surface area contributed by atoms with Gasteiger partial charge in [0.15, 0.2) is 0 Å². The van der Waals surface area contributed by atoms with Crippen LogP contribution in [0, 0.1) is 0 Å². The maximum atomic E-state index is 6.44. The molecule has 26 heavy (non-hydrogen) atoms. The van der Waals surface area contributed by atoms with Crippen molar-refractivity contribution in [2.24, 2.45) is 0 Å². The molecule has 0 spiro atoms. The van der Waals surface area contributed by atoms with Crippen LogP contribution in [-0.4, -0.2) is 6.61 Å². The molecule has 1 atom stereocenters. The molecular weight excluding hydrogens is 387 g/mol. The summed E-state index contributed by atoms with van der Waals surface area (Å²) in [6, 6.07) is 17.9. The van der Waals surface area contributed by atoms with Crippen molar-refractivity contribution in [3.8, 4) is 11.1 Å². The van der Waals surface area contributed by atoms with Gasteiger partial charge in [-0.05, 0) is 81.4 Å². The van der Waals surface area contributed by atoms with Crippen molar-refractivity contribution in [3.05, 3.63) is 91.9 Å². The number of hydrogen-bond donors (Lipinski definition) is 0. The molecule has 1 unspecified atom stereocenters. The standard InChI is InChI=1S/C22H13Cl3O/c23-13-3-1-12(2-4-13)7-17-18-8-14(24)5-6-16(18)22-19(17)9-15(25)10-20(22)21-11-26-21/h1-10,21H,11H2/b17-7-. The SMILES string of the molecule is Clc1ccc(/C=C2/c3cc(Cl)ccc3-c3c2cc(Cl)cc3C2CO2)cc1. The zero-order valence-corrected chi connectivity index (χ0v) is 15.9. The molecule has 0 aromatic heterocycles. The Balaban J connectivity index is 1.79. The fourth-order valence-corrected chi connectivity index (χ4v) is 4.13. The van der Waals surface area contributed by atoms with Gasteiger partial charge in [0.25, 0.3) is 0 Å². The Kier molecular flexibility index (Phi) is 3.88. The summed E-state index contributed by atoms with van der Waals surface area (Å²) in [6.45, 7) is 0.742. The van der Waals surface area contributed by atoms with Gasteiger partial charge in [0.2, 0.25) is 0 Å². The summed E-state index contributed by atoms with van der Waals surface area (Å²) in [5, 5.41) is 2.16. The number of benzene rings is 3. The third-order valence-corrected chi connectivity index (χ3v) is 5.53. The molecule has 2 aliphatic rings. The Labute approximate surface area is 166 Å². The highest BCUT2D eigenvalue weighted by atomic mass is 35.5. The van der Waals surface area contributed by atoms with Crippen molar-refractivity contribution in [1.82, 2.24) is 0 Å². The molecule has 5 rings (SSSR count). The van der Waals surface area contributed by atoms with Gasteiger partial charge in [0, 0.05) is 15.1 Å². The van der Waals surface area contributed by atoms with Crippen molar-refractivity contribution >= 4 is 46.5 Å². The van der Waals surface area contributed by atoms with E-state index in [0.717, 1.165) is 44.5 Å². The van der Waals surface area contributed by atoms with Gasteiger partial charge in [-0.3, -0.25) is 0 Å². The fraction of sp³-hybridized carbons (Fsp3) is 0.0909. The first-order valence-electron chi connectivity index (χ1n) is 8.33. The van der Waals surface area contributed by atoms with E-state index in [4.69, 9.17) is 39.5 Å². The Morgan fingerprint density at radius 1 is 0.769 bits per heavy atom. The van der Waals surface area contributed by atoms with Crippen LogP contribution in [0.25, 0.3) is 22.8 Å². The van der Waals surface area contributed by atoms with E-state index in [9.17, 15) is 0 Å². The summed E-state index contributed by atoms with van der Waals surface area (Å²) >= 11 is 18.8. The average molecular weight is 400 g/mol. The number of fused-ring (bicyclic) bond motifs is 3. The van der Waals surface area contributed by atoms with E-state index in [1.807, 2.05) is 48.5 Å². The van der Waals surface area contributed by atoms with E-state index in [-0.39, 0.29) is 6.10 Å². The van der Waals surface area contributed by atoms with Gasteiger partial charge in [0.05, 0.1) is 6.61 Å². The molecular formula is C22H13Cl3O. The van der Waals surface area contributed by atoms with Crippen LogP contribution in [0.3, 0.4) is 0 Å². The third-order valence-electron chi connectivity index (χ3n) is 4.83. The predicted octanol–water partition coefficient (Wildman–Crippen LogP) is 7.29. The molecule has 0 bridgehead atoms. The highest BCUT2D eigenvalue weighted by Gasteiger charge is 2.34. The lowest BCUT2D eigenvalue weighted by molar-refractivity contribution is 0.416. The van der Waals surface area contributed by atoms with E-state index in [2.05, 4.69) is 12.1 Å². The second-order valence-corrected chi connectivity index (χ2v) is 7.85. The van der Waals surface area contributed by atoms with Crippen molar-refractivity contribution in [1.29, 1.82) is 0 Å². The van der Waals surface area contributed by atoms with Gasteiger partial charge in [-0.2, -0.15) is 0 Å². The van der Waals surface area contributed by atoms with Crippen LogP contribution in [0.15, 0.2) is 54.6 Å². The number of epoxide rings is 1. The lowest BCUT2D eigenvalue weighted by Gasteiger charge is -2.08. The minimum Gasteiger partial charge on any atom is -0.368 e. The van der Waals surface area contributed by atoms with Crippen LogP contribution in [0.4, 0.5) is 0 Å². The smallest absolute Gasteiger partial charge is 0.107 e. The topological polar surface area (TPSA) is 12.5 Å². The Morgan fingerprint density at radius 2 is 1.46 bits per heavy atom. The zero-order valence-electron chi connectivity index (χ0n) is 13.6. The fourth-order valence-electron chi connectivity index (χ4n) is 3.61. The number of hydrogen-bond acceptors (Lipinski definition) is 1. The van der Waals surface area contributed by atoms with E-state index >= 15 is 0 Å². The van der Waals surface area contributed by atoms with Crippen LogP contribution in [0.2, 0.25) is 15.1 Å². The van der Waals surface area contributed by atoms with Crippen LogP contribution in [0.1, 0.15) is 28.4 Å². The molecule has 0 amide bonds. The second-order valence-electron chi connectivity index (χ2n) is 6.54. The van der Waals surface area contributed by atoms with Crippen molar-refractivity contribution in [2.75, 3.05) is 6.61 Å². The highest BCUT2D eigenvalue weighted by molar-refractivity contribution is 6.32. The minimum atomic E-state index is 0.126. The Hall–Kier alpha value is -1.77. The molecule has 0 N–H and O–H groups in total. The summed E-state index contributed by atoms with van der Waals surface area (Å²) in [7, 11) is 0. The molecule has 128 valence electrons. The molecule has 0 saturated carbocycles. The molecule has 1 saturated heterocycles. The van der Waals surface area contributed by atoms with E-state index in [1.54, 1.807) is 0 Å². The molecule has 1 aliphatic carbocycles. The maximum Gasteiger partial charge on any atom is 0.107 e. The monoisotopic (exact) mass is 398 g/mol.